The first-order chi connectivity index (χ1) is 52.5. The summed E-state index contributed by atoms with van der Waals surface area (Å²) in [6, 6.07) is 141. The maximum Gasteiger partial charge on any atom is 0.235 e. The first kappa shape index (κ1) is 60.6. The summed E-state index contributed by atoms with van der Waals surface area (Å²) in [6.07, 6.45) is 0. The van der Waals surface area contributed by atoms with Crippen LogP contribution in [0.15, 0.2) is 388 Å². The number of fused-ring (bicyclic) bond motifs is 12. The molecule has 0 N–H and O–H groups in total. The van der Waals surface area contributed by atoms with Gasteiger partial charge < -0.3 is 13.7 Å². The average Bonchev–Trinajstić information content (AvgIpc) is 1.57. The quantitative estimate of drug-likeness (QED) is 0.122. The van der Waals surface area contributed by atoms with Crippen molar-refractivity contribution in [1.82, 2.24) is 28.2 Å². The first-order valence-electron chi connectivity index (χ1n) is 36.3. The second kappa shape index (κ2) is 24.8. The minimum atomic E-state index is 0.571. The van der Waals surface area contributed by atoms with Crippen molar-refractivity contribution in [2.24, 2.45) is 0 Å². The minimum absolute atomic E-state index is 0.571. The molecule has 6 nitrogen and oxygen atoms in total. The molecule has 106 heavy (non-hydrogen) atoms. The van der Waals surface area contributed by atoms with Crippen molar-refractivity contribution in [3.63, 3.8) is 0 Å². The lowest BCUT2D eigenvalue weighted by atomic mass is 9.91. The molecule has 16 aromatic carbocycles. The molecule has 0 unspecified atom stereocenters. The van der Waals surface area contributed by atoms with Gasteiger partial charge in [0.1, 0.15) is 0 Å². The highest BCUT2D eigenvalue weighted by Crippen LogP contribution is 2.44. The summed E-state index contributed by atoms with van der Waals surface area (Å²) < 4.78 is 9.46. The van der Waals surface area contributed by atoms with Crippen molar-refractivity contribution in [1.29, 1.82) is 0 Å². The molecule has 0 saturated carbocycles. The van der Waals surface area contributed by atoms with E-state index in [4.69, 9.17) is 9.97 Å². The highest BCUT2D eigenvalue weighted by molar-refractivity contribution is 6.15. The number of rotatable bonds is 12. The number of benzene rings is 16. The molecule has 0 aliphatic rings. The lowest BCUT2D eigenvalue weighted by molar-refractivity contribution is 0.995. The lowest BCUT2D eigenvalue weighted by Gasteiger charge is -2.17. The number of aromatic nitrogens is 6. The molecule has 21 rings (SSSR count). The van der Waals surface area contributed by atoms with Gasteiger partial charge in [-0.3, -0.25) is 4.57 Å². The van der Waals surface area contributed by atoms with Gasteiger partial charge in [0, 0.05) is 71.3 Å². The van der Waals surface area contributed by atoms with E-state index in [1.807, 2.05) is 0 Å². The zero-order valence-corrected chi connectivity index (χ0v) is 57.6. The molecule has 5 heterocycles. The Morgan fingerprint density at radius 1 is 0.151 bits per heavy atom. The van der Waals surface area contributed by atoms with Gasteiger partial charge in [0.25, 0.3) is 0 Å². The fraction of sp³-hybridized carbons (Fsp3) is 0. The summed E-state index contributed by atoms with van der Waals surface area (Å²) in [5.41, 5.74) is 29.5. The third kappa shape index (κ3) is 10.1. The van der Waals surface area contributed by atoms with Crippen molar-refractivity contribution in [2.45, 2.75) is 0 Å². The maximum atomic E-state index is 5.86. The second-order valence-corrected chi connectivity index (χ2v) is 27.6. The van der Waals surface area contributed by atoms with Crippen LogP contribution < -0.4 is 0 Å². The van der Waals surface area contributed by atoms with E-state index in [-0.39, 0.29) is 0 Å². The number of hydrogen-bond acceptors (Lipinski definition) is 2. The fourth-order valence-electron chi connectivity index (χ4n) is 16.6. The lowest BCUT2D eigenvalue weighted by Crippen LogP contribution is -2.05. The third-order valence-electron chi connectivity index (χ3n) is 21.6. The zero-order valence-electron chi connectivity index (χ0n) is 57.6. The van der Waals surface area contributed by atoms with Crippen LogP contribution in [0.2, 0.25) is 0 Å². The molecule has 0 aliphatic heterocycles. The van der Waals surface area contributed by atoms with Gasteiger partial charge >= 0.3 is 0 Å². The second-order valence-electron chi connectivity index (χ2n) is 27.6. The molecule has 0 bridgehead atoms. The summed E-state index contributed by atoms with van der Waals surface area (Å²) in [4.78, 5) is 11.7. The largest absolute Gasteiger partial charge is 0.309 e. The Morgan fingerprint density at radius 3 is 0.887 bits per heavy atom. The van der Waals surface area contributed by atoms with Gasteiger partial charge in [-0.1, -0.05) is 267 Å². The van der Waals surface area contributed by atoms with E-state index in [1.54, 1.807) is 0 Å². The fourth-order valence-corrected chi connectivity index (χ4v) is 16.6. The number of nitrogens with zero attached hydrogens (tertiary/aromatic N) is 6. The molecule has 5 aromatic heterocycles. The number of para-hydroxylation sites is 6. The van der Waals surface area contributed by atoms with Crippen molar-refractivity contribution in [2.75, 3.05) is 0 Å². The molecule has 21 aromatic rings. The van der Waals surface area contributed by atoms with E-state index < -0.39 is 0 Å². The Balaban J connectivity index is 0.744. The maximum absolute atomic E-state index is 5.86. The van der Waals surface area contributed by atoms with E-state index in [0.717, 1.165) is 117 Å². The van der Waals surface area contributed by atoms with E-state index in [1.165, 1.54) is 76.6 Å². The van der Waals surface area contributed by atoms with Crippen LogP contribution in [0, 0.1) is 0 Å². The van der Waals surface area contributed by atoms with Crippen LogP contribution in [-0.4, -0.2) is 28.2 Å². The van der Waals surface area contributed by atoms with Gasteiger partial charge in [-0.25, -0.2) is 9.97 Å². The third-order valence-corrected chi connectivity index (χ3v) is 21.6. The van der Waals surface area contributed by atoms with Crippen LogP contribution in [-0.2, 0) is 0 Å². The van der Waals surface area contributed by atoms with Crippen LogP contribution in [0.3, 0.4) is 0 Å². The van der Waals surface area contributed by atoms with Gasteiger partial charge in [0.05, 0.1) is 55.5 Å². The van der Waals surface area contributed by atoms with Crippen molar-refractivity contribution in [3.05, 3.63) is 388 Å². The van der Waals surface area contributed by atoms with Crippen LogP contribution in [0.4, 0.5) is 0 Å². The topological polar surface area (TPSA) is 45.5 Å². The monoisotopic (exact) mass is 1350 g/mol. The molecular weight excluding hydrogens is 1290 g/mol. The van der Waals surface area contributed by atoms with Gasteiger partial charge in [0.15, 0.2) is 0 Å². The average molecular weight is 1350 g/mol. The van der Waals surface area contributed by atoms with E-state index in [0.29, 0.717) is 5.95 Å². The van der Waals surface area contributed by atoms with Gasteiger partial charge in [-0.05, 0) is 188 Å². The summed E-state index contributed by atoms with van der Waals surface area (Å²) in [5.74, 6) is 0.571. The summed E-state index contributed by atoms with van der Waals surface area (Å²) in [7, 11) is 0. The smallest absolute Gasteiger partial charge is 0.235 e. The molecule has 0 saturated heterocycles. The molecule has 0 amide bonds. The van der Waals surface area contributed by atoms with Crippen LogP contribution in [0.25, 0.3) is 200 Å². The normalized spacial score (nSPS) is 11.8. The van der Waals surface area contributed by atoms with E-state index in [2.05, 4.69) is 407 Å². The first-order valence-corrected chi connectivity index (χ1v) is 36.3. The number of hydrogen-bond donors (Lipinski definition) is 0. The highest BCUT2D eigenvalue weighted by atomic mass is 15.2. The molecule has 0 aliphatic carbocycles. The predicted molar refractivity (Wildman–Crippen MR) is 443 cm³/mol. The molecule has 0 spiro atoms. The molecular formula is C100H64N6. The summed E-state index contributed by atoms with van der Waals surface area (Å²) >= 11 is 0. The van der Waals surface area contributed by atoms with Crippen molar-refractivity contribution < 1.29 is 0 Å². The van der Waals surface area contributed by atoms with Crippen molar-refractivity contribution in [3.8, 4) is 112 Å². The molecule has 494 valence electrons. The minimum Gasteiger partial charge on any atom is -0.309 e. The molecule has 6 heteroatoms. The Bertz CT molecular complexity index is 7020. The van der Waals surface area contributed by atoms with Crippen molar-refractivity contribution >= 4 is 87.2 Å². The van der Waals surface area contributed by atoms with E-state index in [9.17, 15) is 0 Å². The van der Waals surface area contributed by atoms with Gasteiger partial charge in [-0.2, -0.15) is 0 Å². The van der Waals surface area contributed by atoms with Gasteiger partial charge in [0.2, 0.25) is 5.95 Å². The standard InChI is InChI=1S/C100H64N6/c1-5-22-65(23-6-1)67-40-42-69(43-41-67)71-48-53-80(70-46-44-68(45-47-70)66-24-7-2-8-25-66)85(59-71)91-64-90(101-100(102-91)106-95-39-20-16-35-84(95)89-63-75(52-57-99(89)106)73-50-55-97-87(61-73)82-33-14-18-37-93(82)104(97)78-29-11-4-12-30-78)76-26-21-31-79(58-76)105-94-38-19-15-34-83(94)88-62-74(51-56-98(88)105)72-49-54-96-86(60-72)81-32-13-17-36-92(81)103(96)77-27-9-3-10-28-77/h1-64H. The van der Waals surface area contributed by atoms with Crippen LogP contribution >= 0.6 is 0 Å². The van der Waals surface area contributed by atoms with E-state index >= 15 is 0 Å². The van der Waals surface area contributed by atoms with Crippen LogP contribution in [0.5, 0.6) is 0 Å². The summed E-state index contributed by atoms with van der Waals surface area (Å²) in [6.45, 7) is 0. The predicted octanol–water partition coefficient (Wildman–Crippen LogP) is 26.2. The Labute approximate surface area is 612 Å². The Kier molecular flexibility index (Phi) is 14.2. The van der Waals surface area contributed by atoms with Gasteiger partial charge in [-0.15, -0.1) is 0 Å². The molecule has 0 fully saturated rings. The Morgan fingerprint density at radius 2 is 0.443 bits per heavy atom. The SMILES string of the molecule is c1ccc(-c2ccc(-c3ccc(-c4ccc(-c5ccccc5)cc4)c(-c4cc(-c5cccc(-n6c7ccccc7c7cc(-c8ccc9c(c8)c8ccccc8n9-c8ccccc8)ccc76)c5)nc(-n5c6ccccc6c6cc(-c7ccc8c(c7)c7ccccc7n8-c7ccccc7)ccc65)n4)c3)cc2)cc1. The molecule has 0 radical (unpaired) electrons. The highest BCUT2D eigenvalue weighted by Gasteiger charge is 2.23. The zero-order chi connectivity index (χ0) is 69.8. The van der Waals surface area contributed by atoms with Crippen LogP contribution in [0.1, 0.15) is 0 Å². The Hall–Kier alpha value is -14.2. The molecule has 0 atom stereocenters. The summed E-state index contributed by atoms with van der Waals surface area (Å²) in [5, 5.41) is 9.48.